The van der Waals surface area contributed by atoms with Crippen LogP contribution in [-0.2, 0) is 16.1 Å². The van der Waals surface area contributed by atoms with Crippen molar-refractivity contribution in [1.29, 1.82) is 0 Å². The predicted octanol–water partition coefficient (Wildman–Crippen LogP) is 2.68. The third-order valence-corrected chi connectivity index (χ3v) is 3.53. The van der Waals surface area contributed by atoms with Gasteiger partial charge in [0.05, 0.1) is 0 Å². The highest BCUT2D eigenvalue weighted by atomic mass is 16.2. The summed E-state index contributed by atoms with van der Waals surface area (Å²) < 4.78 is 0. The highest BCUT2D eigenvalue weighted by molar-refractivity contribution is 5.96. The molecule has 0 unspecified atom stereocenters. The Morgan fingerprint density at radius 2 is 1.71 bits per heavy atom. The third kappa shape index (κ3) is 5.98. The molecule has 4 nitrogen and oxygen atoms in total. The molecular weight excluding hydrogens is 264 g/mol. The van der Waals surface area contributed by atoms with Crippen LogP contribution < -0.4 is 0 Å². The molecule has 2 amide bonds. The highest BCUT2D eigenvalue weighted by Crippen LogP contribution is 2.07. The molecule has 116 valence electrons. The van der Waals surface area contributed by atoms with Crippen molar-refractivity contribution in [2.45, 2.75) is 39.7 Å². The van der Waals surface area contributed by atoms with Crippen molar-refractivity contribution in [3.63, 3.8) is 0 Å². The molecule has 21 heavy (non-hydrogen) atoms. The molecule has 0 N–H and O–H groups in total. The largest absolute Gasteiger partial charge is 0.345 e. The lowest BCUT2D eigenvalue weighted by molar-refractivity contribution is -0.140. The Balaban J connectivity index is 2.53. The number of unbranched alkanes of at least 4 members (excludes halogenated alkanes) is 1. The van der Waals surface area contributed by atoms with Crippen molar-refractivity contribution < 1.29 is 9.59 Å². The van der Waals surface area contributed by atoms with Gasteiger partial charge in [-0.25, -0.2) is 0 Å². The van der Waals surface area contributed by atoms with E-state index in [2.05, 4.69) is 6.92 Å². The van der Waals surface area contributed by atoms with E-state index < -0.39 is 0 Å². The Hall–Kier alpha value is -1.84. The molecule has 0 aliphatic heterocycles. The minimum atomic E-state index is -0.102. The number of nitrogens with zero attached hydrogens (tertiary/aromatic N) is 2. The maximum atomic E-state index is 12.2. The first-order chi connectivity index (χ1) is 10.1. The van der Waals surface area contributed by atoms with Crippen LogP contribution in [0.2, 0.25) is 0 Å². The first-order valence-electron chi connectivity index (χ1n) is 7.64. The summed E-state index contributed by atoms with van der Waals surface area (Å²) in [5.41, 5.74) is 1.08. The van der Waals surface area contributed by atoms with E-state index in [9.17, 15) is 9.59 Å². The van der Waals surface area contributed by atoms with Crippen LogP contribution in [0, 0.1) is 0 Å². The molecule has 1 aromatic carbocycles. The van der Waals surface area contributed by atoms with E-state index >= 15 is 0 Å². The SMILES string of the molecule is CCCCN(C)C(=O)CC(=O)N(CC)Cc1ccccc1. The lowest BCUT2D eigenvalue weighted by Gasteiger charge is -2.23. The first kappa shape index (κ1) is 17.2. The molecule has 1 rings (SSSR count). The molecule has 0 saturated carbocycles. The Morgan fingerprint density at radius 3 is 2.29 bits per heavy atom. The van der Waals surface area contributed by atoms with Crippen molar-refractivity contribution in [3.8, 4) is 0 Å². The first-order valence-corrected chi connectivity index (χ1v) is 7.64. The van der Waals surface area contributed by atoms with Gasteiger partial charge in [-0.1, -0.05) is 43.7 Å². The van der Waals surface area contributed by atoms with Gasteiger partial charge in [0.2, 0.25) is 11.8 Å². The van der Waals surface area contributed by atoms with Crippen molar-refractivity contribution >= 4 is 11.8 Å². The summed E-state index contributed by atoms with van der Waals surface area (Å²) in [7, 11) is 1.76. The van der Waals surface area contributed by atoms with E-state index in [1.807, 2.05) is 37.3 Å². The summed E-state index contributed by atoms with van der Waals surface area (Å²) in [5.74, 6) is -0.199. The monoisotopic (exact) mass is 290 g/mol. The van der Waals surface area contributed by atoms with E-state index in [4.69, 9.17) is 0 Å². The minimum Gasteiger partial charge on any atom is -0.345 e. The summed E-state index contributed by atoms with van der Waals surface area (Å²) in [6.45, 7) is 5.91. The van der Waals surface area contributed by atoms with Crippen LogP contribution >= 0.6 is 0 Å². The molecule has 4 heteroatoms. The minimum absolute atomic E-state index is 0.0408. The van der Waals surface area contributed by atoms with Gasteiger partial charge < -0.3 is 9.80 Å². The average Bonchev–Trinajstić information content (AvgIpc) is 2.50. The Kier molecular flexibility index (Phi) is 7.51. The van der Waals surface area contributed by atoms with E-state index in [1.54, 1.807) is 16.8 Å². The maximum Gasteiger partial charge on any atom is 0.232 e. The zero-order valence-corrected chi connectivity index (χ0v) is 13.3. The van der Waals surface area contributed by atoms with Crippen LogP contribution in [0.25, 0.3) is 0 Å². The maximum absolute atomic E-state index is 12.2. The summed E-state index contributed by atoms with van der Waals surface area (Å²) in [5, 5.41) is 0. The smallest absolute Gasteiger partial charge is 0.232 e. The molecule has 0 saturated heterocycles. The quantitative estimate of drug-likeness (QED) is 0.691. The Morgan fingerprint density at radius 1 is 1.05 bits per heavy atom. The van der Waals surface area contributed by atoms with Crippen molar-refractivity contribution in [1.82, 2.24) is 9.80 Å². The molecule has 0 aliphatic carbocycles. The van der Waals surface area contributed by atoms with Crippen molar-refractivity contribution in [2.24, 2.45) is 0 Å². The van der Waals surface area contributed by atoms with Gasteiger partial charge in [0.15, 0.2) is 0 Å². The molecule has 0 aliphatic rings. The van der Waals surface area contributed by atoms with Gasteiger partial charge in [0.1, 0.15) is 6.42 Å². The highest BCUT2D eigenvalue weighted by Gasteiger charge is 2.18. The zero-order chi connectivity index (χ0) is 15.7. The third-order valence-electron chi connectivity index (χ3n) is 3.53. The van der Waals surface area contributed by atoms with Crippen molar-refractivity contribution in [3.05, 3.63) is 35.9 Å². The fourth-order valence-corrected chi connectivity index (χ4v) is 2.08. The number of hydrogen-bond donors (Lipinski definition) is 0. The molecule has 0 atom stereocenters. The standard InChI is InChI=1S/C17H26N2O2/c1-4-6-12-18(3)16(20)13-17(21)19(5-2)14-15-10-8-7-9-11-15/h7-11H,4-6,12-14H2,1-3H3. The Labute approximate surface area is 127 Å². The molecular formula is C17H26N2O2. The summed E-state index contributed by atoms with van der Waals surface area (Å²) >= 11 is 0. The van der Waals surface area contributed by atoms with Gasteiger partial charge in [0.25, 0.3) is 0 Å². The van der Waals surface area contributed by atoms with E-state index in [0.717, 1.165) is 18.4 Å². The van der Waals surface area contributed by atoms with Crippen molar-refractivity contribution in [2.75, 3.05) is 20.1 Å². The van der Waals surface area contributed by atoms with Gasteiger partial charge in [-0.2, -0.15) is 0 Å². The number of rotatable bonds is 8. The van der Waals surface area contributed by atoms with Crippen LogP contribution in [0.3, 0.4) is 0 Å². The number of amides is 2. The second kappa shape index (κ2) is 9.16. The van der Waals surface area contributed by atoms with E-state index in [0.29, 0.717) is 19.6 Å². The van der Waals surface area contributed by atoms with E-state index in [-0.39, 0.29) is 18.2 Å². The normalized spacial score (nSPS) is 10.2. The Bertz CT molecular complexity index is 445. The molecule has 0 radical (unpaired) electrons. The fraction of sp³-hybridized carbons (Fsp3) is 0.529. The van der Waals surface area contributed by atoms with Gasteiger partial charge in [-0.15, -0.1) is 0 Å². The fourth-order valence-electron chi connectivity index (χ4n) is 2.08. The lowest BCUT2D eigenvalue weighted by atomic mass is 10.2. The van der Waals surface area contributed by atoms with Gasteiger partial charge in [-0.05, 0) is 18.9 Å². The average molecular weight is 290 g/mol. The van der Waals surface area contributed by atoms with Gasteiger partial charge in [-0.3, -0.25) is 9.59 Å². The summed E-state index contributed by atoms with van der Waals surface area (Å²) in [6, 6.07) is 9.85. The second-order valence-corrected chi connectivity index (χ2v) is 5.24. The molecule has 0 spiro atoms. The molecule has 0 fully saturated rings. The van der Waals surface area contributed by atoms with Crippen LogP contribution in [0.5, 0.6) is 0 Å². The van der Waals surface area contributed by atoms with Crippen LogP contribution in [0.15, 0.2) is 30.3 Å². The number of benzene rings is 1. The van der Waals surface area contributed by atoms with Crippen LogP contribution in [0.4, 0.5) is 0 Å². The molecule has 0 bridgehead atoms. The van der Waals surface area contributed by atoms with E-state index in [1.165, 1.54) is 0 Å². The molecule has 1 aromatic rings. The summed E-state index contributed by atoms with van der Waals surface area (Å²) in [6.07, 6.45) is 1.97. The zero-order valence-electron chi connectivity index (χ0n) is 13.3. The number of carbonyl (C=O) groups is 2. The predicted molar refractivity (Wildman–Crippen MR) is 84.7 cm³/mol. The number of hydrogen-bond acceptors (Lipinski definition) is 2. The molecule has 0 heterocycles. The van der Waals surface area contributed by atoms with Gasteiger partial charge in [0, 0.05) is 26.7 Å². The topological polar surface area (TPSA) is 40.6 Å². The molecule has 0 aromatic heterocycles. The van der Waals surface area contributed by atoms with Crippen LogP contribution in [-0.4, -0.2) is 41.8 Å². The number of carbonyl (C=O) groups excluding carboxylic acids is 2. The second-order valence-electron chi connectivity index (χ2n) is 5.24. The lowest BCUT2D eigenvalue weighted by Crippen LogP contribution is -2.36. The summed E-state index contributed by atoms with van der Waals surface area (Å²) in [4.78, 5) is 27.6. The van der Waals surface area contributed by atoms with Gasteiger partial charge >= 0.3 is 0 Å². The van der Waals surface area contributed by atoms with Crippen LogP contribution in [0.1, 0.15) is 38.7 Å².